The van der Waals surface area contributed by atoms with E-state index >= 15 is 0 Å². The number of aromatic nitrogens is 2. The minimum atomic E-state index is 0.180. The van der Waals surface area contributed by atoms with Crippen LogP contribution in [-0.4, -0.2) is 16.5 Å². The van der Waals surface area contributed by atoms with Gasteiger partial charge in [-0.1, -0.05) is 60.7 Å². The zero-order chi connectivity index (χ0) is 15.9. The second-order valence-corrected chi connectivity index (χ2v) is 5.15. The first-order valence-corrected chi connectivity index (χ1v) is 7.42. The van der Waals surface area contributed by atoms with Crippen LogP contribution in [0.15, 0.2) is 73.2 Å². The van der Waals surface area contributed by atoms with Gasteiger partial charge in [-0.05, 0) is 11.1 Å². The lowest BCUT2D eigenvalue weighted by molar-refractivity contribution is 0.847. The number of benzene rings is 2. The average molecular weight is 300 g/mol. The van der Waals surface area contributed by atoms with Gasteiger partial charge in [-0.2, -0.15) is 5.26 Å². The van der Waals surface area contributed by atoms with Gasteiger partial charge in [0, 0.05) is 12.5 Å². The van der Waals surface area contributed by atoms with E-state index in [4.69, 9.17) is 5.26 Å². The van der Waals surface area contributed by atoms with E-state index in [-0.39, 0.29) is 5.92 Å². The van der Waals surface area contributed by atoms with Gasteiger partial charge >= 0.3 is 0 Å². The van der Waals surface area contributed by atoms with E-state index in [1.54, 1.807) is 0 Å². The topological polar surface area (TPSA) is 61.6 Å². The molecule has 0 atom stereocenters. The van der Waals surface area contributed by atoms with Gasteiger partial charge in [0.05, 0.1) is 6.20 Å². The van der Waals surface area contributed by atoms with E-state index in [0.717, 1.165) is 0 Å². The van der Waals surface area contributed by atoms with E-state index in [2.05, 4.69) is 45.6 Å². The largest absolute Gasteiger partial charge is 0.368 e. The lowest BCUT2D eigenvalue weighted by Gasteiger charge is -2.19. The van der Waals surface area contributed by atoms with Gasteiger partial charge in [-0.15, -0.1) is 0 Å². The fourth-order valence-corrected chi connectivity index (χ4v) is 2.55. The van der Waals surface area contributed by atoms with E-state index in [1.807, 2.05) is 36.4 Å². The van der Waals surface area contributed by atoms with Crippen molar-refractivity contribution < 1.29 is 0 Å². The summed E-state index contributed by atoms with van der Waals surface area (Å²) >= 11 is 0. The van der Waals surface area contributed by atoms with Gasteiger partial charge in [0.25, 0.3) is 0 Å². The Labute approximate surface area is 135 Å². The Morgan fingerprint density at radius 3 is 2.13 bits per heavy atom. The zero-order valence-electron chi connectivity index (χ0n) is 12.6. The Morgan fingerprint density at radius 1 is 0.957 bits per heavy atom. The zero-order valence-corrected chi connectivity index (χ0v) is 12.6. The van der Waals surface area contributed by atoms with Crippen LogP contribution in [0.25, 0.3) is 0 Å². The smallest absolute Gasteiger partial charge is 0.147 e. The molecule has 0 saturated heterocycles. The van der Waals surface area contributed by atoms with Crippen LogP contribution < -0.4 is 5.32 Å². The monoisotopic (exact) mass is 300 g/mol. The minimum Gasteiger partial charge on any atom is -0.368 e. The Bertz CT molecular complexity index is 755. The summed E-state index contributed by atoms with van der Waals surface area (Å²) in [6.07, 6.45) is 2.97. The summed E-state index contributed by atoms with van der Waals surface area (Å²) in [5.74, 6) is 0.748. The van der Waals surface area contributed by atoms with E-state index in [1.165, 1.54) is 23.7 Å². The molecule has 2 aromatic carbocycles. The van der Waals surface area contributed by atoms with Gasteiger partial charge in [0.1, 0.15) is 23.8 Å². The fraction of sp³-hybridized carbons (Fsp3) is 0.105. The summed E-state index contributed by atoms with van der Waals surface area (Å²) in [7, 11) is 0. The first-order valence-electron chi connectivity index (χ1n) is 7.42. The predicted molar refractivity (Wildman–Crippen MR) is 90.0 cm³/mol. The van der Waals surface area contributed by atoms with Crippen molar-refractivity contribution in [3.63, 3.8) is 0 Å². The quantitative estimate of drug-likeness (QED) is 0.782. The third kappa shape index (κ3) is 3.53. The maximum absolute atomic E-state index is 9.15. The first-order chi connectivity index (χ1) is 11.4. The molecule has 23 heavy (non-hydrogen) atoms. The number of nitrogens with one attached hydrogen (secondary N) is 1. The average Bonchev–Trinajstić information content (AvgIpc) is 2.64. The molecule has 1 N–H and O–H groups in total. The van der Waals surface area contributed by atoms with E-state index in [0.29, 0.717) is 17.9 Å². The van der Waals surface area contributed by atoms with E-state index in [9.17, 15) is 0 Å². The van der Waals surface area contributed by atoms with Crippen molar-refractivity contribution >= 4 is 5.82 Å². The van der Waals surface area contributed by atoms with Crippen LogP contribution in [0.3, 0.4) is 0 Å². The number of rotatable bonds is 5. The van der Waals surface area contributed by atoms with Crippen molar-refractivity contribution in [1.82, 2.24) is 9.97 Å². The maximum Gasteiger partial charge on any atom is 0.147 e. The van der Waals surface area contributed by atoms with Crippen molar-refractivity contribution in [2.75, 3.05) is 11.9 Å². The SMILES string of the molecule is N#Cc1cncnc1NCC(c1ccccc1)c1ccccc1. The van der Waals surface area contributed by atoms with Crippen LogP contribution in [0.5, 0.6) is 0 Å². The Kier molecular flexibility index (Phi) is 4.61. The molecule has 0 aliphatic rings. The third-order valence-corrected chi connectivity index (χ3v) is 3.71. The molecule has 112 valence electrons. The predicted octanol–water partition coefficient (Wildman–Crippen LogP) is 3.59. The van der Waals surface area contributed by atoms with E-state index < -0.39 is 0 Å². The van der Waals surface area contributed by atoms with Crippen molar-refractivity contribution in [1.29, 1.82) is 5.26 Å². The molecule has 0 bridgehead atoms. The lowest BCUT2D eigenvalue weighted by atomic mass is 9.91. The molecule has 0 aliphatic carbocycles. The number of hydrogen-bond donors (Lipinski definition) is 1. The summed E-state index contributed by atoms with van der Waals surface area (Å²) in [5.41, 5.74) is 2.89. The Hall–Kier alpha value is -3.19. The first kappa shape index (κ1) is 14.7. The molecule has 1 heterocycles. The van der Waals surface area contributed by atoms with Crippen LogP contribution in [0, 0.1) is 11.3 Å². The van der Waals surface area contributed by atoms with Crippen molar-refractivity contribution in [3.8, 4) is 6.07 Å². The summed E-state index contributed by atoms with van der Waals surface area (Å²) in [5, 5.41) is 12.4. The minimum absolute atomic E-state index is 0.180. The summed E-state index contributed by atoms with van der Waals surface area (Å²) in [6, 6.07) is 22.7. The molecule has 4 heteroatoms. The molecule has 4 nitrogen and oxygen atoms in total. The van der Waals surface area contributed by atoms with Crippen molar-refractivity contribution in [3.05, 3.63) is 89.9 Å². The number of hydrogen-bond acceptors (Lipinski definition) is 4. The van der Waals surface area contributed by atoms with Gasteiger partial charge in [0.2, 0.25) is 0 Å². The standard InChI is InChI=1S/C19H16N4/c20-11-17-12-21-14-23-19(17)22-13-18(15-7-3-1-4-8-15)16-9-5-2-6-10-16/h1-10,12,14,18H,13H2,(H,21,22,23). The van der Waals surface area contributed by atoms with Crippen molar-refractivity contribution in [2.45, 2.75) is 5.92 Å². The highest BCUT2D eigenvalue weighted by Gasteiger charge is 2.14. The van der Waals surface area contributed by atoms with Gasteiger partial charge in [-0.25, -0.2) is 9.97 Å². The van der Waals surface area contributed by atoms with Crippen molar-refractivity contribution in [2.24, 2.45) is 0 Å². The molecule has 0 saturated carbocycles. The summed E-state index contributed by atoms with van der Waals surface area (Å²) < 4.78 is 0. The van der Waals surface area contributed by atoms with Crippen LogP contribution >= 0.6 is 0 Å². The number of nitrogens with zero attached hydrogens (tertiary/aromatic N) is 3. The molecular weight excluding hydrogens is 284 g/mol. The summed E-state index contributed by atoms with van der Waals surface area (Å²) in [4.78, 5) is 8.05. The molecular formula is C19H16N4. The summed E-state index contributed by atoms with van der Waals surface area (Å²) in [6.45, 7) is 0.653. The molecule has 0 aliphatic heterocycles. The van der Waals surface area contributed by atoms with Gasteiger partial charge < -0.3 is 5.32 Å². The molecule has 0 unspecified atom stereocenters. The second kappa shape index (κ2) is 7.19. The molecule has 0 radical (unpaired) electrons. The van der Waals surface area contributed by atoms with Crippen LogP contribution in [0.2, 0.25) is 0 Å². The molecule has 0 amide bonds. The number of nitriles is 1. The lowest BCUT2D eigenvalue weighted by Crippen LogP contribution is -2.15. The Morgan fingerprint density at radius 2 is 1.57 bits per heavy atom. The Balaban J connectivity index is 1.87. The number of anilines is 1. The van der Waals surface area contributed by atoms with Gasteiger partial charge in [0.15, 0.2) is 0 Å². The van der Waals surface area contributed by atoms with Gasteiger partial charge in [-0.3, -0.25) is 0 Å². The van der Waals surface area contributed by atoms with Crippen LogP contribution in [0.1, 0.15) is 22.6 Å². The molecule has 3 rings (SSSR count). The van der Waals surface area contributed by atoms with Crippen LogP contribution in [-0.2, 0) is 0 Å². The molecule has 0 fully saturated rings. The van der Waals surface area contributed by atoms with Crippen LogP contribution in [0.4, 0.5) is 5.82 Å². The molecule has 3 aromatic rings. The third-order valence-electron chi connectivity index (χ3n) is 3.71. The highest BCUT2D eigenvalue weighted by molar-refractivity contribution is 5.50. The molecule has 0 spiro atoms. The second-order valence-electron chi connectivity index (χ2n) is 5.15. The fourth-order valence-electron chi connectivity index (χ4n) is 2.55. The highest BCUT2D eigenvalue weighted by Crippen LogP contribution is 2.25. The highest BCUT2D eigenvalue weighted by atomic mass is 15.0. The molecule has 1 aromatic heterocycles. The maximum atomic E-state index is 9.15. The normalized spacial score (nSPS) is 10.3.